The molecule has 0 unspecified atom stereocenters. The first-order chi connectivity index (χ1) is 4.83. The summed E-state index contributed by atoms with van der Waals surface area (Å²) in [6.45, 7) is 3.10. The lowest BCUT2D eigenvalue weighted by Gasteiger charge is -2.30. The van der Waals surface area contributed by atoms with Gasteiger partial charge in [-0.3, -0.25) is 0 Å². The summed E-state index contributed by atoms with van der Waals surface area (Å²) in [4.78, 5) is 0. The van der Waals surface area contributed by atoms with Gasteiger partial charge in [-0.2, -0.15) is 0 Å². The molecule has 0 heterocycles. The van der Waals surface area contributed by atoms with Crippen LogP contribution in [-0.2, 0) is 4.74 Å². The van der Waals surface area contributed by atoms with E-state index in [2.05, 4.69) is 6.92 Å². The lowest BCUT2D eigenvalue weighted by Crippen LogP contribution is -2.32. The molecule has 0 aromatic carbocycles. The molecule has 0 aromatic heterocycles. The average Bonchev–Trinajstić information content (AvgIpc) is 1.85. The third-order valence-corrected chi connectivity index (χ3v) is 2.25. The summed E-state index contributed by atoms with van der Waals surface area (Å²) in [6, 6.07) is 0. The van der Waals surface area contributed by atoms with Crippen molar-refractivity contribution in [3.63, 3.8) is 0 Å². The fourth-order valence-electron chi connectivity index (χ4n) is 1.03. The summed E-state index contributed by atoms with van der Waals surface area (Å²) < 4.78 is 5.50. The molecule has 1 aliphatic rings. The summed E-state index contributed by atoms with van der Waals surface area (Å²) in [6.07, 6.45) is 5.01. The van der Waals surface area contributed by atoms with E-state index in [1.165, 1.54) is 12.8 Å². The number of rotatable bonds is 4. The van der Waals surface area contributed by atoms with Gasteiger partial charge in [0, 0.05) is 12.0 Å². The van der Waals surface area contributed by atoms with Crippen LogP contribution in [0.2, 0.25) is 0 Å². The maximum Gasteiger partial charge on any atom is 0.0603 e. The molecule has 1 saturated carbocycles. The Kier molecular flexibility index (Phi) is 3.50. The molecular formula is C8H15ClO. The highest BCUT2D eigenvalue weighted by atomic mass is 35.5. The van der Waals surface area contributed by atoms with Crippen LogP contribution in [0.4, 0.5) is 0 Å². The lowest BCUT2D eigenvalue weighted by atomic mass is 9.95. The van der Waals surface area contributed by atoms with Crippen LogP contribution in [0.5, 0.6) is 0 Å². The minimum Gasteiger partial charge on any atom is -0.378 e. The van der Waals surface area contributed by atoms with Crippen LogP contribution in [0.25, 0.3) is 0 Å². The van der Waals surface area contributed by atoms with Crippen LogP contribution >= 0.6 is 11.6 Å². The molecule has 0 bridgehead atoms. The second-order valence-corrected chi connectivity index (χ2v) is 3.53. The van der Waals surface area contributed by atoms with E-state index >= 15 is 0 Å². The van der Waals surface area contributed by atoms with E-state index in [1.54, 1.807) is 0 Å². The van der Waals surface area contributed by atoms with Gasteiger partial charge in [0.15, 0.2) is 0 Å². The molecule has 0 aliphatic heterocycles. The van der Waals surface area contributed by atoms with Gasteiger partial charge in [0.2, 0.25) is 0 Å². The second kappa shape index (κ2) is 4.20. The first-order valence-corrected chi connectivity index (χ1v) is 4.52. The molecule has 1 fully saturated rings. The van der Waals surface area contributed by atoms with Gasteiger partial charge in [-0.25, -0.2) is 0 Å². The topological polar surface area (TPSA) is 9.23 Å². The first kappa shape index (κ1) is 8.35. The summed E-state index contributed by atoms with van der Waals surface area (Å²) in [5.74, 6) is 0. The Hall–Kier alpha value is 0.250. The molecule has 0 amide bonds. The van der Waals surface area contributed by atoms with E-state index in [0.29, 0.717) is 11.5 Å². The van der Waals surface area contributed by atoms with Crippen molar-refractivity contribution < 1.29 is 4.74 Å². The number of ether oxygens (including phenoxy) is 1. The van der Waals surface area contributed by atoms with Crippen molar-refractivity contribution in [2.75, 3.05) is 6.61 Å². The number of unbranched alkanes of at least 4 members (excludes halogenated alkanes) is 1. The van der Waals surface area contributed by atoms with Crippen molar-refractivity contribution >= 4 is 11.6 Å². The molecule has 1 aliphatic carbocycles. The highest BCUT2D eigenvalue weighted by Gasteiger charge is 2.27. The van der Waals surface area contributed by atoms with Crippen LogP contribution in [0.1, 0.15) is 32.6 Å². The highest BCUT2D eigenvalue weighted by Crippen LogP contribution is 2.28. The molecule has 0 radical (unpaired) electrons. The van der Waals surface area contributed by atoms with Crippen LogP contribution in [0.3, 0.4) is 0 Å². The van der Waals surface area contributed by atoms with Crippen molar-refractivity contribution in [2.45, 2.75) is 44.1 Å². The normalized spacial score (nSPS) is 31.8. The van der Waals surface area contributed by atoms with Gasteiger partial charge in [-0.05, 0) is 19.3 Å². The fraction of sp³-hybridized carbons (Fsp3) is 1.00. The van der Waals surface area contributed by atoms with Crippen LogP contribution in [0, 0.1) is 0 Å². The standard InChI is InChI=1S/C8H15ClO/c1-2-3-4-10-8-5-7(9)6-8/h7-8H,2-6H2,1H3. The third-order valence-electron chi connectivity index (χ3n) is 1.89. The molecule has 60 valence electrons. The van der Waals surface area contributed by atoms with E-state index in [4.69, 9.17) is 16.3 Å². The first-order valence-electron chi connectivity index (χ1n) is 4.08. The number of halogens is 1. The highest BCUT2D eigenvalue weighted by molar-refractivity contribution is 6.21. The monoisotopic (exact) mass is 162 g/mol. The molecule has 0 aromatic rings. The zero-order valence-electron chi connectivity index (χ0n) is 6.48. The van der Waals surface area contributed by atoms with Gasteiger partial charge in [-0.1, -0.05) is 13.3 Å². The van der Waals surface area contributed by atoms with Gasteiger partial charge < -0.3 is 4.74 Å². The predicted octanol–water partition coefficient (Wildman–Crippen LogP) is 2.57. The van der Waals surface area contributed by atoms with E-state index in [9.17, 15) is 0 Å². The number of hydrogen-bond donors (Lipinski definition) is 0. The summed E-state index contributed by atoms with van der Waals surface area (Å²) in [7, 11) is 0. The Labute approximate surface area is 67.7 Å². The van der Waals surface area contributed by atoms with Crippen molar-refractivity contribution in [3.05, 3.63) is 0 Å². The summed E-state index contributed by atoms with van der Waals surface area (Å²) >= 11 is 5.78. The van der Waals surface area contributed by atoms with Crippen molar-refractivity contribution in [2.24, 2.45) is 0 Å². The second-order valence-electron chi connectivity index (χ2n) is 2.92. The molecule has 0 saturated heterocycles. The Morgan fingerprint density at radius 1 is 1.50 bits per heavy atom. The lowest BCUT2D eigenvalue weighted by molar-refractivity contribution is 0.00367. The van der Waals surface area contributed by atoms with Crippen LogP contribution in [-0.4, -0.2) is 18.1 Å². The quantitative estimate of drug-likeness (QED) is 0.456. The molecule has 10 heavy (non-hydrogen) atoms. The van der Waals surface area contributed by atoms with Crippen molar-refractivity contribution in [3.8, 4) is 0 Å². The Morgan fingerprint density at radius 3 is 2.70 bits per heavy atom. The van der Waals surface area contributed by atoms with Gasteiger partial charge in [0.25, 0.3) is 0 Å². The predicted molar refractivity (Wildman–Crippen MR) is 43.5 cm³/mol. The van der Waals surface area contributed by atoms with Gasteiger partial charge >= 0.3 is 0 Å². The molecule has 0 N–H and O–H groups in total. The summed E-state index contributed by atoms with van der Waals surface area (Å²) in [5.41, 5.74) is 0. The summed E-state index contributed by atoms with van der Waals surface area (Å²) in [5, 5.41) is 0.395. The zero-order chi connectivity index (χ0) is 7.40. The molecule has 2 heteroatoms. The van der Waals surface area contributed by atoms with E-state index in [-0.39, 0.29) is 0 Å². The molecule has 0 atom stereocenters. The number of hydrogen-bond acceptors (Lipinski definition) is 1. The molecule has 0 spiro atoms. The largest absolute Gasteiger partial charge is 0.378 e. The Balaban J connectivity index is 1.86. The smallest absolute Gasteiger partial charge is 0.0603 e. The van der Waals surface area contributed by atoms with Crippen molar-refractivity contribution in [1.82, 2.24) is 0 Å². The minimum atomic E-state index is 0.395. The molecule has 1 rings (SSSR count). The molecule has 1 nitrogen and oxygen atoms in total. The Morgan fingerprint density at radius 2 is 2.20 bits per heavy atom. The SMILES string of the molecule is CCCCOC1CC(Cl)C1. The van der Waals surface area contributed by atoms with E-state index in [1.807, 2.05) is 0 Å². The fourth-order valence-corrected chi connectivity index (χ4v) is 1.43. The maximum absolute atomic E-state index is 5.78. The van der Waals surface area contributed by atoms with E-state index < -0.39 is 0 Å². The third kappa shape index (κ3) is 2.47. The van der Waals surface area contributed by atoms with Crippen LogP contribution < -0.4 is 0 Å². The van der Waals surface area contributed by atoms with Crippen LogP contribution in [0.15, 0.2) is 0 Å². The zero-order valence-corrected chi connectivity index (χ0v) is 7.23. The molecular weight excluding hydrogens is 148 g/mol. The van der Waals surface area contributed by atoms with Gasteiger partial charge in [0.05, 0.1) is 6.10 Å². The van der Waals surface area contributed by atoms with Gasteiger partial charge in [0.1, 0.15) is 0 Å². The average molecular weight is 163 g/mol. The van der Waals surface area contributed by atoms with Gasteiger partial charge in [-0.15, -0.1) is 11.6 Å². The number of alkyl halides is 1. The van der Waals surface area contributed by atoms with Crippen molar-refractivity contribution in [1.29, 1.82) is 0 Å². The Bertz CT molecular complexity index is 89.3. The minimum absolute atomic E-state index is 0.395. The van der Waals surface area contributed by atoms with E-state index in [0.717, 1.165) is 19.4 Å². The maximum atomic E-state index is 5.78.